The number of unbranched alkanes of at least 4 members (excludes halogenated alkanes) is 7. The van der Waals surface area contributed by atoms with E-state index in [9.17, 15) is 13.2 Å². The predicted molar refractivity (Wildman–Crippen MR) is 82.9 cm³/mol. The lowest BCUT2D eigenvalue weighted by Crippen LogP contribution is -1.99. The highest BCUT2D eigenvalue weighted by Gasteiger charge is 2.21. The van der Waals surface area contributed by atoms with Crippen LogP contribution in [0.4, 0.5) is 13.2 Å². The number of halogens is 3. The van der Waals surface area contributed by atoms with Gasteiger partial charge in [-0.05, 0) is 19.3 Å². The first-order chi connectivity index (χ1) is 9.99. The van der Waals surface area contributed by atoms with Gasteiger partial charge in [-0.1, -0.05) is 64.2 Å². The Bertz CT molecular complexity index is 373. The van der Waals surface area contributed by atoms with E-state index >= 15 is 0 Å². The SMILES string of the molecule is CCCCCCC#CC(=C=CC(F)(F)F)CCCCCC. The molecule has 0 saturated carbocycles. The molecule has 0 fully saturated rings. The van der Waals surface area contributed by atoms with Crippen molar-refractivity contribution in [2.75, 3.05) is 0 Å². The van der Waals surface area contributed by atoms with Gasteiger partial charge in [-0.2, -0.15) is 13.2 Å². The van der Waals surface area contributed by atoms with Gasteiger partial charge in [-0.3, -0.25) is 0 Å². The Morgan fingerprint density at radius 2 is 1.52 bits per heavy atom. The maximum absolute atomic E-state index is 12.2. The molecule has 0 N–H and O–H groups in total. The van der Waals surface area contributed by atoms with Gasteiger partial charge in [0.05, 0.1) is 6.08 Å². The van der Waals surface area contributed by atoms with Crippen LogP contribution in [-0.4, -0.2) is 6.18 Å². The molecule has 0 heterocycles. The monoisotopic (exact) mass is 300 g/mol. The lowest BCUT2D eigenvalue weighted by atomic mass is 10.1. The third-order valence-electron chi connectivity index (χ3n) is 3.08. The average molecular weight is 300 g/mol. The Balaban J connectivity index is 4.45. The summed E-state index contributed by atoms with van der Waals surface area (Å²) in [6, 6.07) is 0. The van der Waals surface area contributed by atoms with Crippen LogP contribution >= 0.6 is 0 Å². The molecular formula is C18H27F3. The second-order valence-corrected chi connectivity index (χ2v) is 5.23. The van der Waals surface area contributed by atoms with Gasteiger partial charge >= 0.3 is 6.18 Å². The van der Waals surface area contributed by atoms with Crippen molar-refractivity contribution in [2.24, 2.45) is 0 Å². The van der Waals surface area contributed by atoms with E-state index in [0.717, 1.165) is 44.9 Å². The summed E-state index contributed by atoms with van der Waals surface area (Å²) < 4.78 is 36.6. The van der Waals surface area contributed by atoms with Crippen molar-refractivity contribution in [1.82, 2.24) is 0 Å². The topological polar surface area (TPSA) is 0 Å². The number of hydrogen-bond acceptors (Lipinski definition) is 0. The van der Waals surface area contributed by atoms with Crippen molar-refractivity contribution >= 4 is 0 Å². The molecule has 0 aliphatic carbocycles. The summed E-state index contributed by atoms with van der Waals surface area (Å²) in [5, 5.41) is 0. The second-order valence-electron chi connectivity index (χ2n) is 5.23. The van der Waals surface area contributed by atoms with Crippen LogP contribution < -0.4 is 0 Å². The van der Waals surface area contributed by atoms with Crippen LogP contribution in [0.2, 0.25) is 0 Å². The molecular weight excluding hydrogens is 273 g/mol. The second kappa shape index (κ2) is 12.6. The maximum atomic E-state index is 12.2. The summed E-state index contributed by atoms with van der Waals surface area (Å²) >= 11 is 0. The van der Waals surface area contributed by atoms with E-state index in [4.69, 9.17) is 0 Å². The Kier molecular flexibility index (Phi) is 11.9. The fourth-order valence-corrected chi connectivity index (χ4v) is 1.88. The number of allylic oxidation sites excluding steroid dienone is 1. The highest BCUT2D eigenvalue weighted by Crippen LogP contribution is 2.16. The lowest BCUT2D eigenvalue weighted by Gasteiger charge is -1.99. The summed E-state index contributed by atoms with van der Waals surface area (Å²) in [6.07, 6.45) is 5.87. The van der Waals surface area contributed by atoms with Gasteiger partial charge in [-0.25, -0.2) is 0 Å². The van der Waals surface area contributed by atoms with Gasteiger partial charge in [0.1, 0.15) is 0 Å². The molecule has 0 aliphatic heterocycles. The van der Waals surface area contributed by atoms with Crippen LogP contribution in [0.5, 0.6) is 0 Å². The van der Waals surface area contributed by atoms with Crippen molar-refractivity contribution in [1.29, 1.82) is 0 Å². The third-order valence-corrected chi connectivity index (χ3v) is 3.08. The minimum absolute atomic E-state index is 0.175. The van der Waals surface area contributed by atoms with Gasteiger partial charge in [0.15, 0.2) is 0 Å². The van der Waals surface area contributed by atoms with Gasteiger partial charge in [0.2, 0.25) is 0 Å². The molecule has 0 amide bonds. The van der Waals surface area contributed by atoms with Crippen LogP contribution in [0.25, 0.3) is 0 Å². The van der Waals surface area contributed by atoms with E-state index in [-0.39, 0.29) is 6.08 Å². The number of rotatable bonds is 9. The first-order valence-corrected chi connectivity index (χ1v) is 8.02. The molecule has 0 nitrogen and oxygen atoms in total. The first kappa shape index (κ1) is 19.9. The smallest absolute Gasteiger partial charge is 0.166 e. The van der Waals surface area contributed by atoms with E-state index in [0.29, 0.717) is 12.0 Å². The van der Waals surface area contributed by atoms with Crippen molar-refractivity contribution in [3.8, 4) is 11.8 Å². The van der Waals surface area contributed by atoms with Gasteiger partial charge in [-0.15, -0.1) is 5.73 Å². The normalized spacial score (nSPS) is 10.5. The molecule has 0 saturated heterocycles. The molecule has 0 spiro atoms. The van der Waals surface area contributed by atoms with Crippen LogP contribution in [0.1, 0.15) is 78.1 Å². The van der Waals surface area contributed by atoms with E-state index < -0.39 is 6.18 Å². The van der Waals surface area contributed by atoms with Gasteiger partial charge < -0.3 is 0 Å². The highest BCUT2D eigenvalue weighted by molar-refractivity contribution is 5.28. The molecule has 0 aromatic heterocycles. The zero-order valence-corrected chi connectivity index (χ0v) is 13.3. The number of alkyl halides is 3. The fourth-order valence-electron chi connectivity index (χ4n) is 1.88. The van der Waals surface area contributed by atoms with E-state index in [1.54, 1.807) is 0 Å². The molecule has 21 heavy (non-hydrogen) atoms. The molecule has 3 heteroatoms. The molecule has 0 unspecified atom stereocenters. The minimum Gasteiger partial charge on any atom is -0.166 e. The predicted octanol–water partition coefficient (Wildman–Crippen LogP) is 6.57. The van der Waals surface area contributed by atoms with Crippen molar-refractivity contribution in [2.45, 2.75) is 84.2 Å². The van der Waals surface area contributed by atoms with E-state index in [1.807, 2.05) is 0 Å². The first-order valence-electron chi connectivity index (χ1n) is 8.02. The third kappa shape index (κ3) is 15.1. The van der Waals surface area contributed by atoms with Crippen molar-refractivity contribution in [3.63, 3.8) is 0 Å². The number of hydrogen-bond donors (Lipinski definition) is 0. The molecule has 0 radical (unpaired) electrons. The Morgan fingerprint density at radius 3 is 2.10 bits per heavy atom. The molecule has 0 rings (SSSR count). The minimum atomic E-state index is -4.31. The lowest BCUT2D eigenvalue weighted by molar-refractivity contribution is -0.0796. The maximum Gasteiger partial charge on any atom is 0.416 e. The summed E-state index contributed by atoms with van der Waals surface area (Å²) in [5.41, 5.74) is 2.82. The van der Waals surface area contributed by atoms with E-state index in [1.165, 1.54) is 12.8 Å². The summed E-state index contributed by atoms with van der Waals surface area (Å²) in [7, 11) is 0. The zero-order valence-electron chi connectivity index (χ0n) is 13.3. The van der Waals surface area contributed by atoms with Gasteiger partial charge in [0.25, 0.3) is 0 Å². The van der Waals surface area contributed by atoms with Crippen LogP contribution in [0.3, 0.4) is 0 Å². The quantitative estimate of drug-likeness (QED) is 0.256. The molecule has 0 bridgehead atoms. The van der Waals surface area contributed by atoms with Crippen molar-refractivity contribution in [3.05, 3.63) is 17.4 Å². The standard InChI is InChI=1S/C18H27F3/c1-3-5-7-9-10-12-14-17(13-11-8-6-4-2)15-16-18(19,20)21/h16H,3-11,13H2,1-2H3. The van der Waals surface area contributed by atoms with Gasteiger partial charge in [0, 0.05) is 12.0 Å². The molecule has 0 aromatic rings. The molecule has 0 aromatic carbocycles. The van der Waals surface area contributed by atoms with Crippen LogP contribution in [0, 0.1) is 11.8 Å². The Labute approximate surface area is 127 Å². The zero-order chi connectivity index (χ0) is 16.0. The Morgan fingerprint density at radius 1 is 0.905 bits per heavy atom. The molecule has 0 atom stereocenters. The largest absolute Gasteiger partial charge is 0.416 e. The summed E-state index contributed by atoms with van der Waals surface area (Å²) in [5.74, 6) is 5.86. The van der Waals surface area contributed by atoms with Crippen molar-refractivity contribution < 1.29 is 13.2 Å². The van der Waals surface area contributed by atoms with E-state index in [2.05, 4.69) is 31.4 Å². The fraction of sp³-hybridized carbons (Fsp3) is 0.722. The summed E-state index contributed by atoms with van der Waals surface area (Å²) in [4.78, 5) is 0. The summed E-state index contributed by atoms with van der Waals surface area (Å²) in [6.45, 7) is 4.25. The van der Waals surface area contributed by atoms with Crippen LogP contribution in [-0.2, 0) is 0 Å². The molecule has 120 valence electrons. The Hall–Kier alpha value is -1.13. The molecule has 0 aliphatic rings. The average Bonchev–Trinajstić information content (AvgIpc) is 2.42. The highest BCUT2D eigenvalue weighted by atomic mass is 19.4. The van der Waals surface area contributed by atoms with Crippen LogP contribution in [0.15, 0.2) is 17.4 Å².